The zero-order chi connectivity index (χ0) is 22.2. The lowest BCUT2D eigenvalue weighted by Crippen LogP contribution is -2.09. The topological polar surface area (TPSA) is 0 Å². The molecule has 0 aliphatic heterocycles. The van der Waals surface area contributed by atoms with Crippen LogP contribution in [0.25, 0.3) is 0 Å². The van der Waals surface area contributed by atoms with Crippen LogP contribution >= 0.6 is 0 Å². The van der Waals surface area contributed by atoms with Crippen LogP contribution in [0.5, 0.6) is 0 Å². The maximum atomic E-state index is 4.16. The van der Waals surface area contributed by atoms with Gasteiger partial charge in [0.25, 0.3) is 0 Å². The summed E-state index contributed by atoms with van der Waals surface area (Å²) in [6.07, 6.45) is 5.76. The van der Waals surface area contributed by atoms with Gasteiger partial charge in [-0.25, -0.2) is 0 Å². The molecule has 2 atom stereocenters. The first-order valence-electron chi connectivity index (χ1n) is 11.7. The van der Waals surface area contributed by atoms with E-state index in [2.05, 4.69) is 107 Å². The van der Waals surface area contributed by atoms with Gasteiger partial charge in [-0.2, -0.15) is 0 Å². The number of aryl methyl sites for hydroxylation is 4. The van der Waals surface area contributed by atoms with Gasteiger partial charge in [0.05, 0.1) is 0 Å². The molecule has 0 fully saturated rings. The molecule has 0 aliphatic carbocycles. The van der Waals surface area contributed by atoms with E-state index >= 15 is 0 Å². The number of allylic oxidation sites excluding steroid dienone is 1. The van der Waals surface area contributed by atoms with Crippen molar-refractivity contribution in [2.24, 2.45) is 0 Å². The predicted molar refractivity (Wildman–Crippen MR) is 136 cm³/mol. The van der Waals surface area contributed by atoms with Crippen molar-refractivity contribution in [3.05, 3.63) is 118 Å². The highest BCUT2D eigenvalue weighted by Gasteiger charge is 2.20. The molecule has 31 heavy (non-hydrogen) atoms. The summed E-state index contributed by atoms with van der Waals surface area (Å²) in [4.78, 5) is 0. The lowest BCUT2D eigenvalue weighted by atomic mass is 9.79. The van der Waals surface area contributed by atoms with Crippen LogP contribution in [0.1, 0.15) is 77.8 Å². The van der Waals surface area contributed by atoms with E-state index in [1.807, 2.05) is 0 Å². The van der Waals surface area contributed by atoms with E-state index in [-0.39, 0.29) is 0 Å². The van der Waals surface area contributed by atoms with Crippen molar-refractivity contribution in [2.75, 3.05) is 0 Å². The first kappa shape index (κ1) is 23.1. The number of hydrogen-bond acceptors (Lipinski definition) is 0. The van der Waals surface area contributed by atoms with Crippen LogP contribution in [-0.4, -0.2) is 0 Å². The fraction of sp³-hybridized carbons (Fsp3) is 0.355. The van der Waals surface area contributed by atoms with Crippen molar-refractivity contribution >= 4 is 0 Å². The van der Waals surface area contributed by atoms with Crippen molar-refractivity contribution in [2.45, 2.75) is 71.6 Å². The number of rotatable bonds is 10. The first-order valence-corrected chi connectivity index (χ1v) is 11.7. The second-order valence-electron chi connectivity index (χ2n) is 9.47. The highest BCUT2D eigenvalue weighted by atomic mass is 14.2. The molecule has 0 aliphatic rings. The lowest BCUT2D eigenvalue weighted by Gasteiger charge is -2.25. The normalized spacial score (nSPS) is 13.0. The van der Waals surface area contributed by atoms with Gasteiger partial charge in [-0.15, -0.1) is 6.58 Å². The molecule has 3 aromatic carbocycles. The van der Waals surface area contributed by atoms with Gasteiger partial charge in [-0.05, 0) is 88.3 Å². The van der Waals surface area contributed by atoms with Gasteiger partial charge < -0.3 is 0 Å². The summed E-state index contributed by atoms with van der Waals surface area (Å²) in [7, 11) is 0. The van der Waals surface area contributed by atoms with E-state index in [4.69, 9.17) is 0 Å². The Bertz CT molecular complexity index is 942. The van der Waals surface area contributed by atoms with Gasteiger partial charge in [0, 0.05) is 0 Å². The summed E-state index contributed by atoms with van der Waals surface area (Å²) in [6, 6.07) is 27.5. The molecule has 0 heterocycles. The maximum Gasteiger partial charge on any atom is -0.0153 e. The predicted octanol–water partition coefficient (Wildman–Crippen LogP) is 8.86. The molecular formula is C31H38. The third-order valence-electron chi connectivity index (χ3n) is 6.49. The lowest BCUT2D eigenvalue weighted by molar-refractivity contribution is 0.482. The number of hydrogen-bond donors (Lipinski definition) is 0. The third-order valence-corrected chi connectivity index (χ3v) is 6.49. The van der Waals surface area contributed by atoms with Crippen LogP contribution in [0, 0.1) is 20.8 Å². The second kappa shape index (κ2) is 11.1. The summed E-state index contributed by atoms with van der Waals surface area (Å²) < 4.78 is 0. The molecule has 3 rings (SSSR count). The standard InChI is InChI=1S/C31H38/c1-23(2)6-16-30(28-17-9-25(4)10-18-28)22-31(29-19-11-26(5)12-20-29)21-15-27-13-7-24(3)8-14-27/h7-14,17-20,30-31H,1,6,15-16,21-22H2,2-5H3. The molecule has 0 nitrogen and oxygen atoms in total. The molecule has 0 spiro atoms. The minimum Gasteiger partial charge on any atom is -0.100 e. The van der Waals surface area contributed by atoms with Crippen molar-refractivity contribution in [3.8, 4) is 0 Å². The molecule has 162 valence electrons. The summed E-state index contributed by atoms with van der Waals surface area (Å²) >= 11 is 0. The van der Waals surface area contributed by atoms with E-state index in [0.29, 0.717) is 11.8 Å². The zero-order valence-corrected chi connectivity index (χ0v) is 19.8. The van der Waals surface area contributed by atoms with E-state index in [1.165, 1.54) is 58.2 Å². The Kier molecular flexibility index (Phi) is 8.29. The molecule has 0 bridgehead atoms. The molecular weight excluding hydrogens is 372 g/mol. The Labute approximate surface area is 190 Å². The highest BCUT2D eigenvalue weighted by molar-refractivity contribution is 5.29. The average molecular weight is 411 g/mol. The van der Waals surface area contributed by atoms with Crippen molar-refractivity contribution in [3.63, 3.8) is 0 Å². The highest BCUT2D eigenvalue weighted by Crippen LogP contribution is 2.36. The molecule has 0 N–H and O–H groups in total. The second-order valence-corrected chi connectivity index (χ2v) is 9.47. The average Bonchev–Trinajstić information content (AvgIpc) is 2.76. The van der Waals surface area contributed by atoms with Crippen LogP contribution in [-0.2, 0) is 6.42 Å². The smallest absolute Gasteiger partial charge is 0.0153 e. The van der Waals surface area contributed by atoms with Crippen molar-refractivity contribution < 1.29 is 0 Å². The van der Waals surface area contributed by atoms with E-state index in [1.54, 1.807) is 0 Å². The van der Waals surface area contributed by atoms with E-state index in [9.17, 15) is 0 Å². The summed E-state index contributed by atoms with van der Waals surface area (Å²) in [6.45, 7) is 12.8. The molecule has 3 aromatic rings. The fourth-order valence-corrected chi connectivity index (χ4v) is 4.38. The zero-order valence-electron chi connectivity index (χ0n) is 19.8. The Balaban J connectivity index is 1.83. The molecule has 0 aromatic heterocycles. The molecule has 0 saturated carbocycles. The van der Waals surface area contributed by atoms with Crippen LogP contribution in [0.2, 0.25) is 0 Å². The molecule has 2 unspecified atom stereocenters. The Morgan fingerprint density at radius 2 is 1.06 bits per heavy atom. The van der Waals surface area contributed by atoms with Crippen LogP contribution < -0.4 is 0 Å². The van der Waals surface area contributed by atoms with Crippen LogP contribution in [0.15, 0.2) is 84.9 Å². The summed E-state index contributed by atoms with van der Waals surface area (Å²) in [5.41, 5.74) is 9.66. The minimum absolute atomic E-state index is 0.554. The third kappa shape index (κ3) is 7.24. The van der Waals surface area contributed by atoms with Gasteiger partial charge in [0.1, 0.15) is 0 Å². The van der Waals surface area contributed by atoms with Gasteiger partial charge in [0.15, 0.2) is 0 Å². The first-order chi connectivity index (χ1) is 14.9. The van der Waals surface area contributed by atoms with Crippen molar-refractivity contribution in [1.82, 2.24) is 0 Å². The monoisotopic (exact) mass is 410 g/mol. The Morgan fingerprint density at radius 3 is 1.52 bits per heavy atom. The van der Waals surface area contributed by atoms with E-state index < -0.39 is 0 Å². The SMILES string of the molecule is C=C(C)CCC(CC(CCc1ccc(C)cc1)c1ccc(C)cc1)c1ccc(C)cc1. The Hall–Kier alpha value is -2.60. The fourth-order valence-electron chi connectivity index (χ4n) is 4.38. The quantitative estimate of drug-likeness (QED) is 0.293. The van der Waals surface area contributed by atoms with E-state index in [0.717, 1.165) is 12.8 Å². The summed E-state index contributed by atoms with van der Waals surface area (Å²) in [5, 5.41) is 0. The van der Waals surface area contributed by atoms with Crippen LogP contribution in [0.4, 0.5) is 0 Å². The van der Waals surface area contributed by atoms with Gasteiger partial charge in [-0.3, -0.25) is 0 Å². The number of benzene rings is 3. The largest absolute Gasteiger partial charge is 0.100 e. The minimum atomic E-state index is 0.554. The van der Waals surface area contributed by atoms with Gasteiger partial charge >= 0.3 is 0 Å². The van der Waals surface area contributed by atoms with Crippen LogP contribution in [0.3, 0.4) is 0 Å². The summed E-state index contributed by atoms with van der Waals surface area (Å²) in [5.74, 6) is 1.11. The maximum absolute atomic E-state index is 4.16. The molecule has 0 radical (unpaired) electrons. The molecule has 0 heteroatoms. The van der Waals surface area contributed by atoms with Gasteiger partial charge in [-0.1, -0.05) is 95.1 Å². The van der Waals surface area contributed by atoms with Gasteiger partial charge in [0.2, 0.25) is 0 Å². The van der Waals surface area contributed by atoms with Crippen molar-refractivity contribution in [1.29, 1.82) is 0 Å². The Morgan fingerprint density at radius 1 is 0.645 bits per heavy atom. The molecule has 0 amide bonds. The molecule has 0 saturated heterocycles.